The molecule has 0 saturated heterocycles. The van der Waals surface area contributed by atoms with Crippen molar-refractivity contribution in [3.05, 3.63) is 34.8 Å². The molecule has 0 bridgehead atoms. The summed E-state index contributed by atoms with van der Waals surface area (Å²) >= 11 is 1.67. The SMILES string of the molecule is CC(C)NCc1nc(-c2ccccn2)cs1. The number of hydrogen-bond donors (Lipinski definition) is 1. The number of nitrogens with zero attached hydrogens (tertiary/aromatic N) is 2. The zero-order valence-corrected chi connectivity index (χ0v) is 10.3. The van der Waals surface area contributed by atoms with E-state index in [1.165, 1.54) is 0 Å². The van der Waals surface area contributed by atoms with Crippen LogP contribution in [0.4, 0.5) is 0 Å². The van der Waals surface area contributed by atoms with Crippen LogP contribution in [-0.2, 0) is 6.54 Å². The van der Waals surface area contributed by atoms with Gasteiger partial charge in [-0.25, -0.2) is 4.98 Å². The average molecular weight is 233 g/mol. The van der Waals surface area contributed by atoms with Crippen LogP contribution in [0.15, 0.2) is 29.8 Å². The van der Waals surface area contributed by atoms with Crippen LogP contribution in [0, 0.1) is 0 Å². The molecule has 0 radical (unpaired) electrons. The summed E-state index contributed by atoms with van der Waals surface area (Å²) in [4.78, 5) is 8.83. The highest BCUT2D eigenvalue weighted by Crippen LogP contribution is 2.19. The summed E-state index contributed by atoms with van der Waals surface area (Å²) in [6, 6.07) is 6.36. The summed E-state index contributed by atoms with van der Waals surface area (Å²) in [6.07, 6.45) is 1.79. The van der Waals surface area contributed by atoms with Gasteiger partial charge in [-0.1, -0.05) is 19.9 Å². The van der Waals surface area contributed by atoms with Gasteiger partial charge in [0.2, 0.25) is 0 Å². The third kappa shape index (κ3) is 2.87. The van der Waals surface area contributed by atoms with Crippen LogP contribution in [0.25, 0.3) is 11.4 Å². The predicted molar refractivity (Wildman–Crippen MR) is 67.3 cm³/mol. The molecule has 2 rings (SSSR count). The fourth-order valence-electron chi connectivity index (χ4n) is 1.32. The van der Waals surface area contributed by atoms with Gasteiger partial charge in [0.05, 0.1) is 11.4 Å². The first-order valence-corrected chi connectivity index (χ1v) is 6.23. The second-order valence-electron chi connectivity index (χ2n) is 3.88. The first kappa shape index (κ1) is 11.2. The molecule has 2 aromatic heterocycles. The maximum Gasteiger partial charge on any atom is 0.107 e. The maximum absolute atomic E-state index is 4.55. The van der Waals surface area contributed by atoms with E-state index in [4.69, 9.17) is 0 Å². The molecule has 0 amide bonds. The van der Waals surface area contributed by atoms with Gasteiger partial charge < -0.3 is 5.32 Å². The molecule has 0 atom stereocenters. The number of thiazole rings is 1. The Morgan fingerprint density at radius 3 is 2.88 bits per heavy atom. The van der Waals surface area contributed by atoms with Crippen molar-refractivity contribution in [1.29, 1.82) is 0 Å². The van der Waals surface area contributed by atoms with Crippen LogP contribution in [0.2, 0.25) is 0 Å². The lowest BCUT2D eigenvalue weighted by Gasteiger charge is -2.04. The normalized spacial score (nSPS) is 10.9. The highest BCUT2D eigenvalue weighted by atomic mass is 32.1. The second-order valence-corrected chi connectivity index (χ2v) is 4.82. The third-order valence-electron chi connectivity index (χ3n) is 2.14. The maximum atomic E-state index is 4.55. The number of pyridine rings is 1. The molecule has 0 aliphatic heterocycles. The molecule has 0 aliphatic carbocycles. The predicted octanol–water partition coefficient (Wildman–Crippen LogP) is 2.70. The summed E-state index contributed by atoms with van der Waals surface area (Å²) in [5, 5.41) is 6.52. The lowest BCUT2D eigenvalue weighted by Crippen LogP contribution is -2.21. The number of aromatic nitrogens is 2. The van der Waals surface area contributed by atoms with Crippen LogP contribution in [-0.4, -0.2) is 16.0 Å². The molecular formula is C12H15N3S. The van der Waals surface area contributed by atoms with Crippen molar-refractivity contribution in [2.45, 2.75) is 26.4 Å². The average Bonchev–Trinajstić information content (AvgIpc) is 2.76. The molecule has 0 fully saturated rings. The zero-order chi connectivity index (χ0) is 11.4. The number of hydrogen-bond acceptors (Lipinski definition) is 4. The lowest BCUT2D eigenvalue weighted by atomic mass is 10.3. The molecule has 3 nitrogen and oxygen atoms in total. The highest BCUT2D eigenvalue weighted by molar-refractivity contribution is 7.09. The van der Waals surface area contributed by atoms with Crippen molar-refractivity contribution in [3.8, 4) is 11.4 Å². The van der Waals surface area contributed by atoms with Crippen LogP contribution >= 0.6 is 11.3 Å². The largest absolute Gasteiger partial charge is 0.308 e. The van der Waals surface area contributed by atoms with Gasteiger partial charge in [0.1, 0.15) is 5.01 Å². The molecule has 0 aromatic carbocycles. The van der Waals surface area contributed by atoms with Gasteiger partial charge in [-0.15, -0.1) is 11.3 Å². The summed E-state index contributed by atoms with van der Waals surface area (Å²) in [6.45, 7) is 5.09. The van der Waals surface area contributed by atoms with Crippen LogP contribution in [0.5, 0.6) is 0 Å². The lowest BCUT2D eigenvalue weighted by molar-refractivity contribution is 0.587. The van der Waals surface area contributed by atoms with Crippen molar-refractivity contribution < 1.29 is 0 Å². The minimum atomic E-state index is 0.488. The van der Waals surface area contributed by atoms with E-state index in [1.54, 1.807) is 17.5 Å². The van der Waals surface area contributed by atoms with Crippen LogP contribution in [0.3, 0.4) is 0 Å². The molecule has 0 saturated carbocycles. The Labute approximate surface area is 99.6 Å². The Morgan fingerprint density at radius 2 is 2.19 bits per heavy atom. The fraction of sp³-hybridized carbons (Fsp3) is 0.333. The van der Waals surface area contributed by atoms with Gasteiger partial charge in [-0.2, -0.15) is 0 Å². The Balaban J connectivity index is 2.08. The molecular weight excluding hydrogens is 218 g/mol. The van der Waals surface area contributed by atoms with E-state index < -0.39 is 0 Å². The van der Waals surface area contributed by atoms with Gasteiger partial charge in [0, 0.05) is 24.2 Å². The van der Waals surface area contributed by atoms with E-state index in [9.17, 15) is 0 Å². The van der Waals surface area contributed by atoms with Crippen molar-refractivity contribution in [1.82, 2.24) is 15.3 Å². The molecule has 16 heavy (non-hydrogen) atoms. The fourth-order valence-corrected chi connectivity index (χ4v) is 2.05. The highest BCUT2D eigenvalue weighted by Gasteiger charge is 2.05. The first-order chi connectivity index (χ1) is 7.75. The van der Waals surface area contributed by atoms with Gasteiger partial charge >= 0.3 is 0 Å². The van der Waals surface area contributed by atoms with Crippen molar-refractivity contribution in [3.63, 3.8) is 0 Å². The van der Waals surface area contributed by atoms with Gasteiger partial charge in [-0.3, -0.25) is 4.98 Å². The third-order valence-corrected chi connectivity index (χ3v) is 2.99. The second kappa shape index (κ2) is 5.18. The molecule has 1 N–H and O–H groups in total. The molecule has 84 valence electrons. The van der Waals surface area contributed by atoms with E-state index in [2.05, 4.69) is 34.5 Å². The summed E-state index contributed by atoms with van der Waals surface area (Å²) in [5.74, 6) is 0. The standard InChI is InChI=1S/C12H15N3S/c1-9(2)14-7-12-15-11(8-16-12)10-5-3-4-6-13-10/h3-6,8-9,14H,7H2,1-2H3. The quantitative estimate of drug-likeness (QED) is 0.882. The molecule has 0 aliphatic rings. The van der Waals surface area contributed by atoms with Crippen molar-refractivity contribution in [2.75, 3.05) is 0 Å². The molecule has 0 unspecified atom stereocenters. The topological polar surface area (TPSA) is 37.8 Å². The summed E-state index contributed by atoms with van der Waals surface area (Å²) in [7, 11) is 0. The molecule has 2 heterocycles. The minimum absolute atomic E-state index is 0.488. The van der Waals surface area contributed by atoms with Gasteiger partial charge in [-0.05, 0) is 12.1 Å². The number of nitrogens with one attached hydrogen (secondary N) is 1. The first-order valence-electron chi connectivity index (χ1n) is 5.35. The Bertz CT molecular complexity index is 437. The van der Waals surface area contributed by atoms with E-state index in [0.29, 0.717) is 6.04 Å². The molecule has 2 aromatic rings. The van der Waals surface area contributed by atoms with Crippen LogP contribution < -0.4 is 5.32 Å². The Morgan fingerprint density at radius 1 is 1.31 bits per heavy atom. The Hall–Kier alpha value is -1.26. The monoisotopic (exact) mass is 233 g/mol. The minimum Gasteiger partial charge on any atom is -0.308 e. The van der Waals surface area contributed by atoms with Gasteiger partial charge in [0.25, 0.3) is 0 Å². The van der Waals surface area contributed by atoms with Crippen LogP contribution in [0.1, 0.15) is 18.9 Å². The molecule has 4 heteroatoms. The zero-order valence-electron chi connectivity index (χ0n) is 9.47. The smallest absolute Gasteiger partial charge is 0.107 e. The summed E-state index contributed by atoms with van der Waals surface area (Å²) < 4.78 is 0. The summed E-state index contributed by atoms with van der Waals surface area (Å²) in [5.41, 5.74) is 1.90. The van der Waals surface area contributed by atoms with Gasteiger partial charge in [0.15, 0.2) is 0 Å². The van der Waals surface area contributed by atoms with Crippen molar-refractivity contribution >= 4 is 11.3 Å². The number of rotatable bonds is 4. The van der Waals surface area contributed by atoms with E-state index in [1.807, 2.05) is 18.2 Å². The van der Waals surface area contributed by atoms with E-state index in [-0.39, 0.29) is 0 Å². The van der Waals surface area contributed by atoms with Crippen molar-refractivity contribution in [2.24, 2.45) is 0 Å². The Kier molecular flexibility index (Phi) is 3.64. The van der Waals surface area contributed by atoms with E-state index >= 15 is 0 Å². The molecule has 0 spiro atoms. The van der Waals surface area contributed by atoms with E-state index in [0.717, 1.165) is 22.9 Å².